The number of aromatic nitrogens is 3. The lowest BCUT2D eigenvalue weighted by Crippen LogP contribution is -2.51. The first kappa shape index (κ1) is 27.5. The molecule has 0 fully saturated rings. The lowest BCUT2D eigenvalue weighted by Gasteiger charge is -2.37. The van der Waals surface area contributed by atoms with Crippen molar-refractivity contribution in [1.82, 2.24) is 25.4 Å². The van der Waals surface area contributed by atoms with Crippen molar-refractivity contribution in [1.29, 1.82) is 0 Å². The molecule has 2 amide bonds. The maximum atomic E-state index is 13.5. The topological polar surface area (TPSA) is 124 Å². The summed E-state index contributed by atoms with van der Waals surface area (Å²) in [7, 11) is 0. The van der Waals surface area contributed by atoms with Crippen LogP contribution in [0.1, 0.15) is 56.0 Å². The third-order valence-electron chi connectivity index (χ3n) is 6.95. The molecule has 1 aliphatic rings. The van der Waals surface area contributed by atoms with Crippen LogP contribution in [-0.2, 0) is 40.3 Å². The predicted molar refractivity (Wildman–Crippen MR) is 145 cm³/mol. The molecule has 3 aromatic rings. The van der Waals surface area contributed by atoms with Gasteiger partial charge < -0.3 is 25.7 Å². The van der Waals surface area contributed by atoms with E-state index < -0.39 is 17.0 Å². The zero-order valence-electron chi connectivity index (χ0n) is 22.4. The van der Waals surface area contributed by atoms with Gasteiger partial charge in [-0.15, -0.1) is 10.2 Å². The summed E-state index contributed by atoms with van der Waals surface area (Å²) in [5, 5.41) is 15.0. The number of nitrogens with zero attached hydrogens (tertiary/aromatic N) is 3. The summed E-state index contributed by atoms with van der Waals surface area (Å²) in [6.45, 7) is 6.76. The Balaban J connectivity index is 1.63. The summed E-state index contributed by atoms with van der Waals surface area (Å²) in [4.78, 5) is 26.4. The molecule has 9 heteroatoms. The number of hydrogen-bond acceptors (Lipinski definition) is 6. The summed E-state index contributed by atoms with van der Waals surface area (Å²) in [6, 6.07) is 19.3. The first-order chi connectivity index (χ1) is 18.2. The highest BCUT2D eigenvalue weighted by Crippen LogP contribution is 2.37. The number of rotatable bonds is 11. The molecule has 0 aliphatic carbocycles. The van der Waals surface area contributed by atoms with Crippen molar-refractivity contribution in [3.8, 4) is 0 Å². The Kier molecular flexibility index (Phi) is 8.58. The minimum atomic E-state index is -1.08. The first-order valence-corrected chi connectivity index (χ1v) is 13.2. The highest BCUT2D eigenvalue weighted by atomic mass is 16.5. The molecule has 1 unspecified atom stereocenters. The van der Waals surface area contributed by atoms with Crippen LogP contribution in [0.5, 0.6) is 0 Å². The Bertz CT molecular complexity index is 1220. The summed E-state index contributed by atoms with van der Waals surface area (Å²) in [5.74, 6) is 1.05. The van der Waals surface area contributed by atoms with Crippen LogP contribution in [0.4, 0.5) is 0 Å². The van der Waals surface area contributed by atoms with Crippen LogP contribution in [-0.4, -0.2) is 45.3 Å². The maximum absolute atomic E-state index is 13.5. The molecule has 4 N–H and O–H groups in total. The fourth-order valence-corrected chi connectivity index (χ4v) is 4.84. The number of hydrogen-bond donors (Lipinski definition) is 3. The van der Waals surface area contributed by atoms with Crippen LogP contribution in [0, 0.1) is 5.41 Å². The second kappa shape index (κ2) is 11.9. The lowest BCUT2D eigenvalue weighted by molar-refractivity contribution is -0.133. The summed E-state index contributed by atoms with van der Waals surface area (Å²) in [5.41, 5.74) is 6.46. The van der Waals surface area contributed by atoms with Gasteiger partial charge in [-0.05, 0) is 44.7 Å². The van der Waals surface area contributed by atoms with E-state index in [1.54, 1.807) is 13.8 Å². The molecule has 1 aromatic heterocycles. The Morgan fingerprint density at radius 1 is 1.08 bits per heavy atom. The Morgan fingerprint density at radius 2 is 1.74 bits per heavy atom. The summed E-state index contributed by atoms with van der Waals surface area (Å²) >= 11 is 0. The molecular weight excluding hydrogens is 480 g/mol. The fraction of sp³-hybridized carbons (Fsp3) is 0.448. The van der Waals surface area contributed by atoms with E-state index in [1.807, 2.05) is 72.2 Å². The molecule has 9 nitrogen and oxygen atoms in total. The average Bonchev–Trinajstić information content (AvgIpc) is 3.31. The zero-order valence-corrected chi connectivity index (χ0v) is 22.4. The molecule has 0 bridgehead atoms. The van der Waals surface area contributed by atoms with Crippen molar-refractivity contribution >= 4 is 11.8 Å². The number of carbonyl (C=O) groups is 2. The first-order valence-electron chi connectivity index (χ1n) is 13.2. The molecule has 4 rings (SSSR count). The van der Waals surface area contributed by atoms with E-state index in [1.165, 1.54) is 0 Å². The quantitative estimate of drug-likeness (QED) is 0.359. The molecule has 2 heterocycles. The second-order valence-corrected chi connectivity index (χ2v) is 10.6. The van der Waals surface area contributed by atoms with E-state index in [0.29, 0.717) is 44.8 Å². The highest BCUT2D eigenvalue weighted by Gasteiger charge is 2.43. The smallest absolute Gasteiger partial charge is 0.240 e. The van der Waals surface area contributed by atoms with Gasteiger partial charge in [-0.1, -0.05) is 60.7 Å². The Hall–Kier alpha value is -3.56. The number of nitrogens with two attached hydrogens (primary N) is 1. The van der Waals surface area contributed by atoms with E-state index in [0.717, 1.165) is 17.0 Å². The van der Waals surface area contributed by atoms with Crippen LogP contribution in [0.2, 0.25) is 0 Å². The van der Waals surface area contributed by atoms with Crippen LogP contribution in [0.25, 0.3) is 0 Å². The van der Waals surface area contributed by atoms with Crippen LogP contribution in [0.15, 0.2) is 60.7 Å². The number of amides is 2. The van der Waals surface area contributed by atoms with Gasteiger partial charge in [0.1, 0.15) is 11.9 Å². The van der Waals surface area contributed by atoms with Gasteiger partial charge in [-0.25, -0.2) is 0 Å². The van der Waals surface area contributed by atoms with Gasteiger partial charge in [-0.3, -0.25) is 9.59 Å². The van der Waals surface area contributed by atoms with Gasteiger partial charge in [0, 0.05) is 19.5 Å². The van der Waals surface area contributed by atoms with Gasteiger partial charge in [0.05, 0.1) is 24.2 Å². The summed E-state index contributed by atoms with van der Waals surface area (Å²) in [6.07, 6.45) is 1.85. The summed E-state index contributed by atoms with van der Waals surface area (Å²) < 4.78 is 8.02. The standard InChI is InChI=1S/C29H38N6O3/c1-4-31-27(37)29(17-21-11-7-5-8-12-21)16-15-24-33-34-25(35(24)20-29)23(32-26(36)28(2,3)30)19-38-18-22-13-9-6-10-14-22/h5-14,23H,4,15-20,30H2,1-3H3,(H,31,37)(H,32,36)/t23-,29?/m1/s1. The van der Waals surface area contributed by atoms with Crippen molar-refractivity contribution in [2.24, 2.45) is 11.1 Å². The van der Waals surface area contributed by atoms with Gasteiger partial charge in [0.2, 0.25) is 11.8 Å². The van der Waals surface area contributed by atoms with Crippen molar-refractivity contribution < 1.29 is 14.3 Å². The van der Waals surface area contributed by atoms with Gasteiger partial charge in [0.25, 0.3) is 0 Å². The van der Waals surface area contributed by atoms with Crippen molar-refractivity contribution in [2.45, 2.75) is 64.8 Å². The largest absolute Gasteiger partial charge is 0.374 e. The van der Waals surface area contributed by atoms with Crippen LogP contribution < -0.4 is 16.4 Å². The number of fused-ring (bicyclic) bond motifs is 1. The molecule has 2 aromatic carbocycles. The lowest BCUT2D eigenvalue weighted by atomic mass is 9.74. The molecule has 0 saturated carbocycles. The molecule has 1 aliphatic heterocycles. The van der Waals surface area contributed by atoms with E-state index in [-0.39, 0.29) is 18.4 Å². The molecular formula is C29H38N6O3. The van der Waals surface area contributed by atoms with Crippen molar-refractivity contribution in [2.75, 3.05) is 13.2 Å². The second-order valence-electron chi connectivity index (χ2n) is 10.6. The minimum absolute atomic E-state index is 0.0122. The number of benzene rings is 2. The van der Waals surface area contributed by atoms with E-state index in [2.05, 4.69) is 20.8 Å². The van der Waals surface area contributed by atoms with Gasteiger partial charge in [-0.2, -0.15) is 0 Å². The number of nitrogens with one attached hydrogen (secondary N) is 2. The number of aryl methyl sites for hydroxylation is 1. The fourth-order valence-electron chi connectivity index (χ4n) is 4.84. The van der Waals surface area contributed by atoms with Gasteiger partial charge >= 0.3 is 0 Å². The monoisotopic (exact) mass is 518 g/mol. The average molecular weight is 519 g/mol. The molecule has 38 heavy (non-hydrogen) atoms. The zero-order chi connectivity index (χ0) is 27.2. The molecule has 2 atom stereocenters. The van der Waals surface area contributed by atoms with Crippen molar-refractivity contribution in [3.63, 3.8) is 0 Å². The molecule has 0 saturated heterocycles. The Labute approximate surface area is 224 Å². The molecule has 202 valence electrons. The highest BCUT2D eigenvalue weighted by molar-refractivity contribution is 5.85. The number of ether oxygens (including phenoxy) is 1. The van der Waals surface area contributed by atoms with Crippen molar-refractivity contribution in [3.05, 3.63) is 83.4 Å². The number of carbonyl (C=O) groups excluding carboxylic acids is 2. The predicted octanol–water partition coefficient (Wildman–Crippen LogP) is 2.70. The van der Waals surface area contributed by atoms with Gasteiger partial charge in [0.15, 0.2) is 5.82 Å². The third-order valence-corrected chi connectivity index (χ3v) is 6.95. The minimum Gasteiger partial charge on any atom is -0.374 e. The van der Waals surface area contributed by atoms with Crippen LogP contribution >= 0.6 is 0 Å². The molecule has 0 spiro atoms. The SMILES string of the molecule is CCNC(=O)C1(Cc2ccccc2)CCc2nnc([C@@H](COCc3ccccc3)NC(=O)C(C)(C)N)n2C1. The maximum Gasteiger partial charge on any atom is 0.240 e. The van der Waals surface area contributed by atoms with Crippen LogP contribution in [0.3, 0.4) is 0 Å². The normalized spacial score (nSPS) is 17.9. The molecule has 0 radical (unpaired) electrons. The Morgan fingerprint density at radius 3 is 2.37 bits per heavy atom. The van der Waals surface area contributed by atoms with E-state index in [4.69, 9.17) is 10.5 Å². The third kappa shape index (κ3) is 6.46. The van der Waals surface area contributed by atoms with E-state index >= 15 is 0 Å². The van der Waals surface area contributed by atoms with E-state index in [9.17, 15) is 9.59 Å².